The van der Waals surface area contributed by atoms with Gasteiger partial charge in [0.15, 0.2) is 0 Å². The predicted octanol–water partition coefficient (Wildman–Crippen LogP) is 4.52. The van der Waals surface area contributed by atoms with Crippen LogP contribution in [0.25, 0.3) is 6.08 Å². The minimum atomic E-state index is 0.330. The molecule has 0 saturated carbocycles. The lowest BCUT2D eigenvalue weighted by molar-refractivity contribution is 0.414. The van der Waals surface area contributed by atoms with Crippen molar-refractivity contribution in [2.45, 2.75) is 12.8 Å². The SMILES string of the molecule is COc1cccc(C=CC(C)c2cccc(OC)c2)c1. The highest BCUT2D eigenvalue weighted by Gasteiger charge is 2.02. The van der Waals surface area contributed by atoms with Crippen LogP contribution in [-0.4, -0.2) is 14.2 Å². The van der Waals surface area contributed by atoms with E-state index in [4.69, 9.17) is 9.47 Å². The van der Waals surface area contributed by atoms with E-state index in [0.717, 1.165) is 17.1 Å². The van der Waals surface area contributed by atoms with Crippen molar-refractivity contribution in [3.8, 4) is 11.5 Å². The van der Waals surface area contributed by atoms with E-state index in [1.165, 1.54) is 5.56 Å². The van der Waals surface area contributed by atoms with E-state index in [1.54, 1.807) is 14.2 Å². The lowest BCUT2D eigenvalue weighted by Crippen LogP contribution is -1.91. The van der Waals surface area contributed by atoms with Crippen LogP contribution >= 0.6 is 0 Å². The zero-order valence-corrected chi connectivity index (χ0v) is 12.2. The van der Waals surface area contributed by atoms with E-state index in [1.807, 2.05) is 30.3 Å². The number of ether oxygens (including phenoxy) is 2. The summed E-state index contributed by atoms with van der Waals surface area (Å²) < 4.78 is 10.5. The van der Waals surface area contributed by atoms with Gasteiger partial charge in [-0.25, -0.2) is 0 Å². The standard InChI is InChI=1S/C18H20O2/c1-14(16-7-5-9-18(13-16)20-3)10-11-15-6-4-8-17(12-15)19-2/h4-14H,1-3H3. The quantitative estimate of drug-likeness (QED) is 0.793. The average molecular weight is 268 g/mol. The van der Waals surface area contributed by atoms with Gasteiger partial charge < -0.3 is 9.47 Å². The molecule has 0 heterocycles. The van der Waals surface area contributed by atoms with Crippen molar-refractivity contribution in [3.05, 3.63) is 65.7 Å². The molecular formula is C18H20O2. The van der Waals surface area contributed by atoms with Crippen LogP contribution in [0.1, 0.15) is 24.0 Å². The van der Waals surface area contributed by atoms with Crippen molar-refractivity contribution in [1.82, 2.24) is 0 Å². The molecule has 2 aromatic rings. The molecule has 0 aromatic heterocycles. The van der Waals surface area contributed by atoms with Crippen molar-refractivity contribution < 1.29 is 9.47 Å². The van der Waals surface area contributed by atoms with E-state index < -0.39 is 0 Å². The van der Waals surface area contributed by atoms with Gasteiger partial charge in [-0.15, -0.1) is 0 Å². The van der Waals surface area contributed by atoms with Gasteiger partial charge in [0.2, 0.25) is 0 Å². The van der Waals surface area contributed by atoms with Crippen LogP contribution in [0, 0.1) is 0 Å². The molecule has 1 unspecified atom stereocenters. The summed E-state index contributed by atoms with van der Waals surface area (Å²) in [6, 6.07) is 16.2. The molecule has 0 aliphatic rings. The highest BCUT2D eigenvalue weighted by atomic mass is 16.5. The van der Waals surface area contributed by atoms with Crippen LogP contribution in [0.15, 0.2) is 54.6 Å². The third kappa shape index (κ3) is 3.64. The maximum atomic E-state index is 5.26. The van der Waals surface area contributed by atoms with Gasteiger partial charge >= 0.3 is 0 Å². The summed E-state index contributed by atoms with van der Waals surface area (Å²) in [5.41, 5.74) is 2.38. The number of rotatable bonds is 5. The first-order valence-corrected chi connectivity index (χ1v) is 6.69. The number of hydrogen-bond acceptors (Lipinski definition) is 2. The maximum absolute atomic E-state index is 5.26. The fourth-order valence-electron chi connectivity index (χ4n) is 2.04. The van der Waals surface area contributed by atoms with Gasteiger partial charge in [-0.3, -0.25) is 0 Å². The van der Waals surface area contributed by atoms with Crippen LogP contribution in [-0.2, 0) is 0 Å². The third-order valence-electron chi connectivity index (χ3n) is 3.29. The summed E-state index contributed by atoms with van der Waals surface area (Å²) in [5, 5.41) is 0. The lowest BCUT2D eigenvalue weighted by Gasteiger charge is -2.09. The second kappa shape index (κ2) is 6.80. The van der Waals surface area contributed by atoms with E-state index in [0.29, 0.717) is 5.92 Å². The summed E-state index contributed by atoms with van der Waals surface area (Å²) >= 11 is 0. The van der Waals surface area contributed by atoms with E-state index in [-0.39, 0.29) is 0 Å². The molecule has 104 valence electrons. The molecular weight excluding hydrogens is 248 g/mol. The van der Waals surface area contributed by atoms with Gasteiger partial charge in [0.1, 0.15) is 11.5 Å². The summed E-state index contributed by atoms with van der Waals surface area (Å²) in [4.78, 5) is 0. The summed E-state index contributed by atoms with van der Waals surface area (Å²) in [5.74, 6) is 2.10. The Kier molecular flexibility index (Phi) is 4.83. The monoisotopic (exact) mass is 268 g/mol. The van der Waals surface area contributed by atoms with Gasteiger partial charge in [-0.05, 0) is 41.3 Å². The van der Waals surface area contributed by atoms with Crippen molar-refractivity contribution >= 4 is 6.08 Å². The lowest BCUT2D eigenvalue weighted by atomic mass is 9.99. The second-order valence-electron chi connectivity index (χ2n) is 4.70. The van der Waals surface area contributed by atoms with E-state index in [9.17, 15) is 0 Å². The molecule has 0 saturated heterocycles. The molecule has 2 heteroatoms. The maximum Gasteiger partial charge on any atom is 0.119 e. The molecule has 2 rings (SSSR count). The smallest absolute Gasteiger partial charge is 0.119 e. The highest BCUT2D eigenvalue weighted by Crippen LogP contribution is 2.23. The Bertz CT molecular complexity index is 587. The van der Waals surface area contributed by atoms with Crippen LogP contribution in [0.2, 0.25) is 0 Å². The molecule has 0 amide bonds. The fourth-order valence-corrected chi connectivity index (χ4v) is 2.04. The molecule has 0 radical (unpaired) electrons. The van der Waals surface area contributed by atoms with Gasteiger partial charge in [-0.2, -0.15) is 0 Å². The number of methoxy groups -OCH3 is 2. The molecule has 0 N–H and O–H groups in total. The first-order valence-electron chi connectivity index (χ1n) is 6.69. The predicted molar refractivity (Wildman–Crippen MR) is 83.4 cm³/mol. The molecule has 0 aliphatic carbocycles. The minimum Gasteiger partial charge on any atom is -0.497 e. The Balaban J connectivity index is 2.13. The largest absolute Gasteiger partial charge is 0.497 e. The third-order valence-corrected chi connectivity index (χ3v) is 3.29. The van der Waals surface area contributed by atoms with E-state index in [2.05, 4.69) is 37.3 Å². The first kappa shape index (κ1) is 14.2. The molecule has 20 heavy (non-hydrogen) atoms. The molecule has 2 aromatic carbocycles. The molecule has 0 fully saturated rings. The Labute approximate surface area is 120 Å². The molecule has 0 spiro atoms. The number of benzene rings is 2. The Morgan fingerprint density at radius 1 is 0.900 bits per heavy atom. The van der Waals surface area contributed by atoms with Crippen molar-refractivity contribution in [3.63, 3.8) is 0 Å². The van der Waals surface area contributed by atoms with Crippen LogP contribution in [0.4, 0.5) is 0 Å². The van der Waals surface area contributed by atoms with Gasteiger partial charge in [0, 0.05) is 0 Å². The van der Waals surface area contributed by atoms with Crippen LogP contribution in [0.5, 0.6) is 11.5 Å². The normalized spacial score (nSPS) is 12.3. The molecule has 1 atom stereocenters. The molecule has 0 aliphatic heterocycles. The molecule has 2 nitrogen and oxygen atoms in total. The molecule has 0 bridgehead atoms. The first-order chi connectivity index (χ1) is 9.72. The second-order valence-corrected chi connectivity index (χ2v) is 4.70. The van der Waals surface area contributed by atoms with Gasteiger partial charge in [-0.1, -0.05) is 43.3 Å². The topological polar surface area (TPSA) is 18.5 Å². The van der Waals surface area contributed by atoms with Gasteiger partial charge in [0.05, 0.1) is 14.2 Å². The Hall–Kier alpha value is -2.22. The summed E-state index contributed by atoms with van der Waals surface area (Å²) in [6.45, 7) is 2.17. The zero-order valence-electron chi connectivity index (χ0n) is 12.2. The zero-order chi connectivity index (χ0) is 14.4. The average Bonchev–Trinajstić information content (AvgIpc) is 2.52. The summed E-state index contributed by atoms with van der Waals surface area (Å²) in [7, 11) is 3.37. The van der Waals surface area contributed by atoms with Crippen molar-refractivity contribution in [2.75, 3.05) is 14.2 Å². The van der Waals surface area contributed by atoms with Crippen LogP contribution < -0.4 is 9.47 Å². The van der Waals surface area contributed by atoms with Crippen molar-refractivity contribution in [1.29, 1.82) is 0 Å². The number of hydrogen-bond donors (Lipinski definition) is 0. The Morgan fingerprint density at radius 2 is 1.55 bits per heavy atom. The van der Waals surface area contributed by atoms with Crippen molar-refractivity contribution in [2.24, 2.45) is 0 Å². The Morgan fingerprint density at radius 3 is 2.25 bits per heavy atom. The summed E-state index contributed by atoms with van der Waals surface area (Å²) in [6.07, 6.45) is 4.30. The fraction of sp³-hybridized carbons (Fsp3) is 0.222. The van der Waals surface area contributed by atoms with Crippen LogP contribution in [0.3, 0.4) is 0 Å². The minimum absolute atomic E-state index is 0.330. The number of allylic oxidation sites excluding steroid dienone is 1. The van der Waals surface area contributed by atoms with Gasteiger partial charge in [0.25, 0.3) is 0 Å². The highest BCUT2D eigenvalue weighted by molar-refractivity contribution is 5.53. The van der Waals surface area contributed by atoms with E-state index >= 15 is 0 Å².